The fourth-order valence-electron chi connectivity index (χ4n) is 3.48. The van der Waals surface area contributed by atoms with Gasteiger partial charge in [0.15, 0.2) is 0 Å². The third kappa shape index (κ3) is 4.27. The lowest BCUT2D eigenvalue weighted by atomic mass is 9.98. The lowest BCUT2D eigenvalue weighted by Crippen LogP contribution is -2.27. The van der Waals surface area contributed by atoms with Gasteiger partial charge in [0, 0.05) is 29.1 Å². The number of amides is 1. The first-order valence-corrected chi connectivity index (χ1v) is 9.89. The fourth-order valence-corrected chi connectivity index (χ4v) is 3.61. The molecule has 7 nitrogen and oxygen atoms in total. The third-order valence-electron chi connectivity index (χ3n) is 5.10. The number of nitrogens with zero attached hydrogens (tertiary/aromatic N) is 3. The van der Waals surface area contributed by atoms with E-state index >= 15 is 0 Å². The largest absolute Gasteiger partial charge is 0.497 e. The standard InChI is InChI=1S/C23H18ClN3O4/c1-31-20-11-7-16(8-12-20)22-14-21(15-5-9-18(24)10-6-15)25-26(22)23(28)17-3-2-4-19(13-17)27(29)30/h2-13,22H,14H2,1H3. The Kier molecular flexibility index (Phi) is 5.68. The quantitative estimate of drug-likeness (QED) is 0.404. The molecule has 3 aromatic rings. The van der Waals surface area contributed by atoms with Crippen LogP contribution < -0.4 is 4.74 Å². The van der Waals surface area contributed by atoms with Crippen molar-refractivity contribution < 1.29 is 14.5 Å². The number of ether oxygens (including phenoxy) is 1. The van der Waals surface area contributed by atoms with Crippen molar-refractivity contribution >= 4 is 28.9 Å². The molecule has 156 valence electrons. The van der Waals surface area contributed by atoms with E-state index in [-0.39, 0.29) is 17.3 Å². The molecule has 1 unspecified atom stereocenters. The Balaban J connectivity index is 1.73. The highest BCUT2D eigenvalue weighted by Gasteiger charge is 2.34. The number of methoxy groups -OCH3 is 1. The van der Waals surface area contributed by atoms with E-state index in [1.54, 1.807) is 25.3 Å². The molecule has 1 heterocycles. The molecule has 1 atom stereocenters. The van der Waals surface area contributed by atoms with Crippen LogP contribution in [-0.2, 0) is 0 Å². The predicted octanol–water partition coefficient (Wildman–Crippen LogP) is 5.25. The number of carbonyl (C=O) groups is 1. The first kappa shape index (κ1) is 20.6. The summed E-state index contributed by atoms with van der Waals surface area (Å²) in [5.74, 6) is 0.297. The summed E-state index contributed by atoms with van der Waals surface area (Å²) in [6.07, 6.45) is 0.495. The molecule has 4 rings (SSSR count). The maximum absolute atomic E-state index is 13.3. The van der Waals surface area contributed by atoms with Gasteiger partial charge in [0.05, 0.1) is 23.8 Å². The SMILES string of the molecule is COc1ccc(C2CC(c3ccc(Cl)cc3)=NN2C(=O)c2cccc([N+](=O)[O-])c2)cc1. The van der Waals surface area contributed by atoms with Crippen LogP contribution in [0.2, 0.25) is 5.02 Å². The van der Waals surface area contributed by atoms with E-state index in [4.69, 9.17) is 16.3 Å². The molecule has 0 aliphatic carbocycles. The molecule has 0 spiro atoms. The van der Waals surface area contributed by atoms with Gasteiger partial charge >= 0.3 is 0 Å². The van der Waals surface area contributed by atoms with Gasteiger partial charge in [-0.1, -0.05) is 41.9 Å². The Labute approximate surface area is 183 Å². The van der Waals surface area contributed by atoms with E-state index in [1.807, 2.05) is 36.4 Å². The molecule has 1 aliphatic rings. The van der Waals surface area contributed by atoms with Crippen LogP contribution in [0.4, 0.5) is 5.69 Å². The maximum Gasteiger partial charge on any atom is 0.274 e. The lowest BCUT2D eigenvalue weighted by molar-refractivity contribution is -0.384. The van der Waals surface area contributed by atoms with Crippen LogP contribution in [-0.4, -0.2) is 28.7 Å². The maximum atomic E-state index is 13.3. The average Bonchev–Trinajstić information content (AvgIpc) is 3.24. The van der Waals surface area contributed by atoms with E-state index < -0.39 is 10.8 Å². The number of nitro benzene ring substituents is 1. The molecule has 0 bridgehead atoms. The molecule has 1 amide bonds. The fraction of sp³-hybridized carbons (Fsp3) is 0.130. The van der Waals surface area contributed by atoms with Crippen molar-refractivity contribution in [2.24, 2.45) is 5.10 Å². The van der Waals surface area contributed by atoms with Crippen molar-refractivity contribution in [1.82, 2.24) is 5.01 Å². The van der Waals surface area contributed by atoms with Gasteiger partial charge in [-0.05, 0) is 41.5 Å². The first-order valence-electron chi connectivity index (χ1n) is 9.51. The third-order valence-corrected chi connectivity index (χ3v) is 5.35. The highest BCUT2D eigenvalue weighted by atomic mass is 35.5. The Hall–Kier alpha value is -3.71. The van der Waals surface area contributed by atoms with Gasteiger partial charge in [-0.3, -0.25) is 14.9 Å². The van der Waals surface area contributed by atoms with Crippen molar-refractivity contribution in [3.05, 3.63) is 105 Å². The molecule has 31 heavy (non-hydrogen) atoms. The first-order chi connectivity index (χ1) is 15.0. The number of halogens is 1. The molecule has 0 aromatic heterocycles. The second-order valence-corrected chi connectivity index (χ2v) is 7.44. The van der Waals surface area contributed by atoms with Crippen molar-refractivity contribution in [3.8, 4) is 5.75 Å². The van der Waals surface area contributed by atoms with Crippen molar-refractivity contribution in [2.75, 3.05) is 7.11 Å². The number of nitro groups is 1. The normalized spacial score (nSPS) is 15.5. The van der Waals surface area contributed by atoms with Crippen LogP contribution in [0.15, 0.2) is 77.9 Å². The van der Waals surface area contributed by atoms with Gasteiger partial charge < -0.3 is 4.74 Å². The van der Waals surface area contributed by atoms with Gasteiger partial charge in [0.25, 0.3) is 11.6 Å². The predicted molar refractivity (Wildman–Crippen MR) is 118 cm³/mol. The molecule has 0 saturated carbocycles. The Bertz CT molecular complexity index is 1160. The number of benzene rings is 3. The zero-order valence-electron chi connectivity index (χ0n) is 16.6. The van der Waals surface area contributed by atoms with Crippen molar-refractivity contribution in [1.29, 1.82) is 0 Å². The zero-order valence-corrected chi connectivity index (χ0v) is 17.3. The molecule has 1 aliphatic heterocycles. The number of hydrogen-bond donors (Lipinski definition) is 0. The lowest BCUT2D eigenvalue weighted by Gasteiger charge is -2.22. The Morgan fingerprint density at radius 1 is 1.13 bits per heavy atom. The van der Waals surface area contributed by atoms with Crippen LogP contribution in [0.5, 0.6) is 5.75 Å². The summed E-state index contributed by atoms with van der Waals surface area (Å²) in [5.41, 5.74) is 2.53. The van der Waals surface area contributed by atoms with Gasteiger partial charge in [-0.15, -0.1) is 0 Å². The molecule has 0 N–H and O–H groups in total. The minimum absolute atomic E-state index is 0.145. The van der Waals surface area contributed by atoms with Crippen molar-refractivity contribution in [2.45, 2.75) is 12.5 Å². The Morgan fingerprint density at radius 3 is 2.48 bits per heavy atom. The minimum atomic E-state index is -0.524. The second kappa shape index (κ2) is 8.57. The summed E-state index contributed by atoms with van der Waals surface area (Å²) in [6.45, 7) is 0. The van der Waals surface area contributed by atoms with Gasteiger partial charge in [0.2, 0.25) is 0 Å². The Morgan fingerprint density at radius 2 is 1.84 bits per heavy atom. The van der Waals surface area contributed by atoms with Crippen molar-refractivity contribution in [3.63, 3.8) is 0 Å². The topological polar surface area (TPSA) is 85.0 Å². The highest BCUT2D eigenvalue weighted by molar-refractivity contribution is 6.30. The highest BCUT2D eigenvalue weighted by Crippen LogP contribution is 2.35. The average molecular weight is 436 g/mol. The minimum Gasteiger partial charge on any atom is -0.497 e. The molecule has 8 heteroatoms. The molecule has 0 radical (unpaired) electrons. The number of hydrogen-bond acceptors (Lipinski definition) is 5. The van der Waals surface area contributed by atoms with Crippen LogP contribution in [0.1, 0.15) is 33.9 Å². The summed E-state index contributed by atoms with van der Waals surface area (Å²) in [7, 11) is 1.59. The number of carbonyl (C=O) groups excluding carboxylic acids is 1. The van der Waals surface area contributed by atoms with Crippen LogP contribution in [0.25, 0.3) is 0 Å². The summed E-state index contributed by atoms with van der Waals surface area (Å²) in [5, 5.41) is 17.7. The molecular weight excluding hydrogens is 418 g/mol. The second-order valence-electron chi connectivity index (χ2n) is 7.00. The number of rotatable bonds is 5. The van der Waals surface area contributed by atoms with Gasteiger partial charge in [-0.25, -0.2) is 5.01 Å². The van der Waals surface area contributed by atoms with E-state index in [1.165, 1.54) is 23.2 Å². The monoisotopic (exact) mass is 435 g/mol. The van der Waals surface area contributed by atoms with Gasteiger partial charge in [-0.2, -0.15) is 5.10 Å². The summed E-state index contributed by atoms with van der Waals surface area (Å²) < 4.78 is 5.23. The van der Waals surface area contributed by atoms with E-state index in [2.05, 4.69) is 5.10 Å². The van der Waals surface area contributed by atoms with Crippen LogP contribution in [0, 0.1) is 10.1 Å². The van der Waals surface area contributed by atoms with E-state index in [9.17, 15) is 14.9 Å². The molecule has 0 saturated heterocycles. The smallest absolute Gasteiger partial charge is 0.274 e. The van der Waals surface area contributed by atoms with Crippen LogP contribution >= 0.6 is 11.6 Å². The molecular formula is C23H18ClN3O4. The van der Waals surface area contributed by atoms with Gasteiger partial charge in [0.1, 0.15) is 5.75 Å². The summed E-state index contributed by atoms with van der Waals surface area (Å²) >= 11 is 6.00. The molecule has 0 fully saturated rings. The van der Waals surface area contributed by atoms with Crippen LogP contribution in [0.3, 0.4) is 0 Å². The number of hydrazone groups is 1. The summed E-state index contributed by atoms with van der Waals surface area (Å²) in [6, 6.07) is 20.0. The molecule has 3 aromatic carbocycles. The van der Waals surface area contributed by atoms with E-state index in [0.717, 1.165) is 16.8 Å². The number of non-ortho nitro benzene ring substituents is 1. The zero-order chi connectivity index (χ0) is 22.0. The van der Waals surface area contributed by atoms with E-state index in [0.29, 0.717) is 17.2 Å². The summed E-state index contributed by atoms with van der Waals surface area (Å²) in [4.78, 5) is 23.9.